The summed E-state index contributed by atoms with van der Waals surface area (Å²) in [6.45, 7) is 7.88. The summed E-state index contributed by atoms with van der Waals surface area (Å²) < 4.78 is 0. The zero-order valence-corrected chi connectivity index (χ0v) is 11.9. The number of fused-ring (bicyclic) bond motifs is 4. The molecule has 4 saturated carbocycles. The Balaban J connectivity index is 1.77. The van der Waals surface area contributed by atoms with E-state index >= 15 is 0 Å². The number of rotatable bonds is 1. The molecule has 3 atom stereocenters. The van der Waals surface area contributed by atoms with Crippen LogP contribution in [0.25, 0.3) is 0 Å². The van der Waals surface area contributed by atoms with Crippen LogP contribution in [0.1, 0.15) is 72.1 Å². The van der Waals surface area contributed by atoms with Crippen LogP contribution in [0, 0.1) is 34.0 Å². The van der Waals surface area contributed by atoms with Crippen LogP contribution in [0.2, 0.25) is 0 Å². The molecule has 4 bridgehead atoms. The van der Waals surface area contributed by atoms with E-state index in [1.807, 2.05) is 0 Å². The molecule has 0 aromatic carbocycles. The molecular weight excluding hydrogens is 204 g/mol. The molecule has 0 radical (unpaired) electrons. The Labute approximate surface area is 107 Å². The Morgan fingerprint density at radius 2 is 1.53 bits per heavy atom. The summed E-state index contributed by atoms with van der Waals surface area (Å²) in [7, 11) is 0. The normalized spacial score (nSPS) is 59.1. The molecule has 4 rings (SSSR count). The smallest absolute Gasteiger partial charge is 0.0249 e. The fourth-order valence-corrected chi connectivity index (χ4v) is 7.47. The van der Waals surface area contributed by atoms with Crippen molar-refractivity contribution in [3.05, 3.63) is 0 Å². The van der Waals surface area contributed by atoms with Crippen molar-refractivity contribution in [1.29, 1.82) is 0 Å². The highest BCUT2D eigenvalue weighted by molar-refractivity contribution is 5.16. The molecule has 3 unspecified atom stereocenters. The third kappa shape index (κ3) is 1.16. The van der Waals surface area contributed by atoms with Crippen LogP contribution in [-0.4, -0.2) is 0 Å². The molecule has 4 aliphatic carbocycles. The second-order valence-corrected chi connectivity index (χ2v) is 8.86. The molecule has 0 spiro atoms. The first-order valence-corrected chi connectivity index (χ1v) is 7.96. The van der Waals surface area contributed by atoms with Gasteiger partial charge in [0.05, 0.1) is 0 Å². The Hall–Kier alpha value is 0. The maximum atomic E-state index is 2.65. The standard InChI is InChI=1S/C17H28/c1-15(2)13-6-7-16(3,11-13)14(15)17-8-4-12(10-17)5-9-17/h12-14H,4-11H2,1-3H3. The van der Waals surface area contributed by atoms with Gasteiger partial charge in [0, 0.05) is 0 Å². The van der Waals surface area contributed by atoms with Crippen molar-refractivity contribution in [3.8, 4) is 0 Å². The van der Waals surface area contributed by atoms with Gasteiger partial charge in [-0.1, -0.05) is 20.8 Å². The summed E-state index contributed by atoms with van der Waals surface area (Å²) >= 11 is 0. The van der Waals surface area contributed by atoms with Crippen LogP contribution in [0.4, 0.5) is 0 Å². The summed E-state index contributed by atoms with van der Waals surface area (Å²) in [5.74, 6) is 3.22. The van der Waals surface area contributed by atoms with Crippen molar-refractivity contribution >= 4 is 0 Å². The lowest BCUT2D eigenvalue weighted by Crippen LogP contribution is -2.45. The third-order valence-corrected chi connectivity index (χ3v) is 7.68. The highest BCUT2D eigenvalue weighted by Crippen LogP contribution is 2.75. The summed E-state index contributed by atoms with van der Waals surface area (Å²) in [4.78, 5) is 0. The second kappa shape index (κ2) is 2.94. The minimum Gasteiger partial charge on any atom is -0.0593 e. The number of hydrogen-bond acceptors (Lipinski definition) is 0. The minimum absolute atomic E-state index is 0.645. The first kappa shape index (κ1) is 10.9. The van der Waals surface area contributed by atoms with Crippen LogP contribution in [-0.2, 0) is 0 Å². The summed E-state index contributed by atoms with van der Waals surface area (Å²) in [6.07, 6.45) is 12.5. The van der Waals surface area contributed by atoms with Gasteiger partial charge in [0.2, 0.25) is 0 Å². The van der Waals surface area contributed by atoms with E-state index in [0.29, 0.717) is 10.8 Å². The van der Waals surface area contributed by atoms with E-state index in [4.69, 9.17) is 0 Å². The molecule has 0 aliphatic heterocycles. The molecule has 0 heterocycles. The fourth-order valence-electron chi connectivity index (χ4n) is 7.47. The van der Waals surface area contributed by atoms with E-state index < -0.39 is 0 Å². The average molecular weight is 232 g/mol. The Bertz CT molecular complexity index is 340. The Morgan fingerprint density at radius 3 is 2.00 bits per heavy atom. The van der Waals surface area contributed by atoms with Gasteiger partial charge in [0.25, 0.3) is 0 Å². The Kier molecular flexibility index (Phi) is 1.88. The van der Waals surface area contributed by atoms with Crippen LogP contribution in [0.15, 0.2) is 0 Å². The van der Waals surface area contributed by atoms with E-state index in [2.05, 4.69) is 20.8 Å². The lowest BCUT2D eigenvalue weighted by molar-refractivity contribution is -0.0357. The van der Waals surface area contributed by atoms with E-state index in [1.165, 1.54) is 12.8 Å². The second-order valence-electron chi connectivity index (χ2n) is 8.86. The lowest BCUT2D eigenvalue weighted by Gasteiger charge is -2.52. The summed E-state index contributed by atoms with van der Waals surface area (Å²) in [5, 5.41) is 0. The summed E-state index contributed by atoms with van der Waals surface area (Å²) in [6, 6.07) is 0. The molecule has 4 fully saturated rings. The van der Waals surface area contributed by atoms with Gasteiger partial charge >= 0.3 is 0 Å². The van der Waals surface area contributed by atoms with Gasteiger partial charge in [-0.3, -0.25) is 0 Å². The molecular formula is C17H28. The molecule has 0 heteroatoms. The summed E-state index contributed by atoms with van der Waals surface area (Å²) in [5.41, 5.74) is 2.15. The quantitative estimate of drug-likeness (QED) is 0.595. The van der Waals surface area contributed by atoms with E-state index in [9.17, 15) is 0 Å². The van der Waals surface area contributed by atoms with Gasteiger partial charge < -0.3 is 0 Å². The highest BCUT2D eigenvalue weighted by atomic mass is 14.7. The molecule has 0 N–H and O–H groups in total. The van der Waals surface area contributed by atoms with Crippen molar-refractivity contribution < 1.29 is 0 Å². The van der Waals surface area contributed by atoms with Crippen molar-refractivity contribution in [1.82, 2.24) is 0 Å². The van der Waals surface area contributed by atoms with E-state index in [0.717, 1.165) is 23.2 Å². The fraction of sp³-hybridized carbons (Fsp3) is 1.00. The maximum Gasteiger partial charge on any atom is -0.0249 e. The first-order valence-electron chi connectivity index (χ1n) is 7.96. The van der Waals surface area contributed by atoms with E-state index in [-0.39, 0.29) is 0 Å². The van der Waals surface area contributed by atoms with Crippen LogP contribution in [0.3, 0.4) is 0 Å². The topological polar surface area (TPSA) is 0 Å². The van der Waals surface area contributed by atoms with Crippen LogP contribution < -0.4 is 0 Å². The molecule has 0 aromatic heterocycles. The maximum absolute atomic E-state index is 2.65. The molecule has 0 amide bonds. The molecule has 0 aromatic rings. The number of hydrogen-bond donors (Lipinski definition) is 0. The molecule has 17 heavy (non-hydrogen) atoms. The van der Waals surface area contributed by atoms with Crippen molar-refractivity contribution in [2.75, 3.05) is 0 Å². The first-order chi connectivity index (χ1) is 7.96. The predicted octanol–water partition coefficient (Wildman–Crippen LogP) is 5.03. The van der Waals surface area contributed by atoms with Crippen molar-refractivity contribution in [2.45, 2.75) is 72.1 Å². The SMILES string of the molecule is CC12CCC(C1)C(C)(C)C2C12CCC(CC1)C2. The van der Waals surface area contributed by atoms with Gasteiger partial charge in [-0.15, -0.1) is 0 Å². The van der Waals surface area contributed by atoms with Crippen molar-refractivity contribution in [2.24, 2.45) is 34.0 Å². The largest absolute Gasteiger partial charge is 0.0593 e. The van der Waals surface area contributed by atoms with Gasteiger partial charge in [0.1, 0.15) is 0 Å². The molecule has 4 aliphatic rings. The third-order valence-electron chi connectivity index (χ3n) is 7.68. The van der Waals surface area contributed by atoms with E-state index in [1.54, 1.807) is 38.5 Å². The van der Waals surface area contributed by atoms with Gasteiger partial charge in [-0.05, 0) is 85.4 Å². The molecule has 0 nitrogen and oxygen atoms in total. The van der Waals surface area contributed by atoms with Crippen LogP contribution >= 0.6 is 0 Å². The van der Waals surface area contributed by atoms with Gasteiger partial charge in [-0.2, -0.15) is 0 Å². The monoisotopic (exact) mass is 232 g/mol. The zero-order chi connectivity index (χ0) is 11.9. The van der Waals surface area contributed by atoms with Gasteiger partial charge in [-0.25, -0.2) is 0 Å². The highest BCUT2D eigenvalue weighted by Gasteiger charge is 2.67. The van der Waals surface area contributed by atoms with Crippen molar-refractivity contribution in [3.63, 3.8) is 0 Å². The van der Waals surface area contributed by atoms with Crippen LogP contribution in [0.5, 0.6) is 0 Å². The minimum atomic E-state index is 0.645. The van der Waals surface area contributed by atoms with Gasteiger partial charge in [0.15, 0.2) is 0 Å². The molecule has 96 valence electrons. The lowest BCUT2D eigenvalue weighted by atomic mass is 9.52. The predicted molar refractivity (Wildman–Crippen MR) is 71.7 cm³/mol. The Morgan fingerprint density at radius 1 is 0.824 bits per heavy atom. The average Bonchev–Trinajstić information content (AvgIpc) is 2.93. The zero-order valence-electron chi connectivity index (χ0n) is 11.9. The molecule has 0 saturated heterocycles.